The van der Waals surface area contributed by atoms with E-state index in [1.54, 1.807) is 37.3 Å². The summed E-state index contributed by atoms with van der Waals surface area (Å²) in [5.74, 6) is -0.278. The summed E-state index contributed by atoms with van der Waals surface area (Å²) in [6.07, 6.45) is 3.11. The van der Waals surface area contributed by atoms with Crippen molar-refractivity contribution >= 4 is 44.9 Å². The summed E-state index contributed by atoms with van der Waals surface area (Å²) in [6, 6.07) is 6.26. The molecule has 4 nitrogen and oxygen atoms in total. The molecule has 2 rings (SSSR count). The van der Waals surface area contributed by atoms with Crippen molar-refractivity contribution in [3.8, 4) is 0 Å². The fourth-order valence-electron chi connectivity index (χ4n) is 1.50. The van der Waals surface area contributed by atoms with Gasteiger partial charge in [-0.05, 0) is 29.7 Å². The molecule has 0 atom stereocenters. The number of fused-ring (bicyclic) bond motifs is 1. The Balaban J connectivity index is 0.00000106. The molecular formula is C13H12ClCuFN4S. The molecule has 1 aromatic heterocycles. The van der Waals surface area contributed by atoms with Crippen molar-refractivity contribution in [2.75, 3.05) is 14.1 Å². The summed E-state index contributed by atoms with van der Waals surface area (Å²) < 4.78 is 13.1. The van der Waals surface area contributed by atoms with Crippen molar-refractivity contribution < 1.29 is 19.5 Å². The summed E-state index contributed by atoms with van der Waals surface area (Å²) in [5.41, 5.74) is 0.628. The van der Waals surface area contributed by atoms with Gasteiger partial charge < -0.3 is 17.5 Å². The predicted molar refractivity (Wildman–Crippen MR) is 83.6 cm³/mol. The van der Waals surface area contributed by atoms with Crippen molar-refractivity contribution in [2.24, 2.45) is 10.2 Å². The Morgan fingerprint density at radius 2 is 2.10 bits per heavy atom. The second kappa shape index (κ2) is 8.89. The van der Waals surface area contributed by atoms with Gasteiger partial charge in [-0.25, -0.2) is 4.39 Å². The van der Waals surface area contributed by atoms with Gasteiger partial charge in [0.1, 0.15) is 5.82 Å². The van der Waals surface area contributed by atoms with Gasteiger partial charge in [-0.3, -0.25) is 4.98 Å². The molecular weight excluding hydrogens is 362 g/mol. The third-order valence-electron chi connectivity index (χ3n) is 2.46. The summed E-state index contributed by atoms with van der Waals surface area (Å²) in [6.45, 7) is 0. The number of nitrogens with zero attached hydrogens (tertiary/aromatic N) is 4. The quantitative estimate of drug-likeness (QED) is 0.267. The monoisotopic (exact) mass is 373 g/mol. The van der Waals surface area contributed by atoms with Gasteiger partial charge in [0, 0.05) is 30.8 Å². The molecule has 115 valence electrons. The van der Waals surface area contributed by atoms with E-state index in [9.17, 15) is 4.39 Å². The van der Waals surface area contributed by atoms with E-state index in [0.29, 0.717) is 10.9 Å². The molecule has 0 N–H and O–H groups in total. The van der Waals surface area contributed by atoms with Crippen LogP contribution in [0.25, 0.3) is 10.8 Å². The van der Waals surface area contributed by atoms with Gasteiger partial charge in [-0.2, -0.15) is 10.2 Å². The van der Waals surface area contributed by atoms with Crippen molar-refractivity contribution in [3.63, 3.8) is 0 Å². The van der Waals surface area contributed by atoms with Gasteiger partial charge >= 0.3 is 25.2 Å². The van der Waals surface area contributed by atoms with Gasteiger partial charge in [-0.1, -0.05) is 0 Å². The summed E-state index contributed by atoms with van der Waals surface area (Å²) in [5, 5.41) is 9.72. The fraction of sp³-hybridized carbons (Fsp3) is 0.154. The summed E-state index contributed by atoms with van der Waals surface area (Å²) in [4.78, 5) is 5.87. The fourth-order valence-corrected chi connectivity index (χ4v) is 1.54. The van der Waals surface area contributed by atoms with Crippen LogP contribution in [0.2, 0.25) is 0 Å². The molecule has 0 unspecified atom stereocenters. The molecule has 0 aliphatic carbocycles. The molecule has 0 saturated heterocycles. The minimum atomic E-state index is -0.278. The van der Waals surface area contributed by atoms with Gasteiger partial charge in [0.25, 0.3) is 0 Å². The molecule has 0 fully saturated rings. The molecule has 0 amide bonds. The number of hydrogen-bond acceptors (Lipinski definition) is 4. The molecule has 0 aliphatic rings. The van der Waals surface area contributed by atoms with E-state index >= 15 is 0 Å². The van der Waals surface area contributed by atoms with Crippen molar-refractivity contribution in [2.45, 2.75) is 0 Å². The van der Waals surface area contributed by atoms with E-state index in [-0.39, 0.29) is 5.82 Å². The Kier molecular flexibility index (Phi) is 7.53. The van der Waals surface area contributed by atoms with Gasteiger partial charge in [-0.15, -0.1) is 0 Å². The first-order chi connectivity index (χ1) is 10.1. The van der Waals surface area contributed by atoms with Crippen molar-refractivity contribution in [1.29, 1.82) is 0 Å². The average Bonchev–Trinajstić information content (AvgIpc) is 2.48. The summed E-state index contributed by atoms with van der Waals surface area (Å²) >= 11 is 8.64. The van der Waals surface area contributed by atoms with Crippen LogP contribution < -0.4 is 0 Å². The Bertz CT molecular complexity index is 664. The number of amidine groups is 1. The first-order valence-electron chi connectivity index (χ1n) is 5.69. The van der Waals surface area contributed by atoms with Crippen LogP contribution in [0, 0.1) is 5.82 Å². The van der Waals surface area contributed by atoms with Crippen LogP contribution in [0.4, 0.5) is 4.39 Å². The SMILES string of the molecule is CN(C)/C([S-])=N/N=C/c1nccc2cc(F)ccc12.[Cl][Cu+]. The number of halogens is 2. The molecule has 1 heterocycles. The zero-order valence-corrected chi connectivity index (χ0v) is 13.7. The molecule has 0 aliphatic heterocycles. The molecule has 0 spiro atoms. The predicted octanol–water partition coefficient (Wildman–Crippen LogP) is 2.86. The van der Waals surface area contributed by atoms with E-state index < -0.39 is 0 Å². The van der Waals surface area contributed by atoms with Crippen LogP contribution in [0.3, 0.4) is 0 Å². The second-order valence-corrected chi connectivity index (χ2v) is 4.45. The Labute approximate surface area is 140 Å². The molecule has 0 saturated carbocycles. The van der Waals surface area contributed by atoms with Gasteiger partial charge in [0.2, 0.25) is 0 Å². The third kappa shape index (κ3) is 5.21. The molecule has 0 radical (unpaired) electrons. The van der Waals surface area contributed by atoms with Crippen LogP contribution in [0.1, 0.15) is 5.69 Å². The zero-order valence-electron chi connectivity index (χ0n) is 11.2. The van der Waals surface area contributed by atoms with E-state index in [4.69, 9.17) is 12.6 Å². The van der Waals surface area contributed by atoms with Crippen LogP contribution >= 0.6 is 10.1 Å². The Morgan fingerprint density at radius 1 is 1.38 bits per heavy atom. The number of aromatic nitrogens is 1. The van der Waals surface area contributed by atoms with Crippen LogP contribution in [-0.2, 0) is 27.7 Å². The van der Waals surface area contributed by atoms with Gasteiger partial charge in [0.15, 0.2) is 0 Å². The maximum atomic E-state index is 13.1. The normalized spacial score (nSPS) is 11.4. The van der Waals surface area contributed by atoms with E-state index in [1.807, 2.05) is 0 Å². The number of rotatable bonds is 2. The van der Waals surface area contributed by atoms with E-state index in [2.05, 4.69) is 40.4 Å². The number of pyridine rings is 1. The van der Waals surface area contributed by atoms with E-state index in [0.717, 1.165) is 10.8 Å². The van der Waals surface area contributed by atoms with Gasteiger partial charge in [0.05, 0.1) is 11.9 Å². The number of benzene rings is 1. The molecule has 0 bridgehead atoms. The minimum absolute atomic E-state index is 0.278. The third-order valence-corrected chi connectivity index (χ3v) is 2.91. The van der Waals surface area contributed by atoms with Crippen molar-refractivity contribution in [1.82, 2.24) is 9.88 Å². The topological polar surface area (TPSA) is 40.9 Å². The molecule has 8 heteroatoms. The average molecular weight is 374 g/mol. The first kappa shape index (κ1) is 17.8. The zero-order chi connectivity index (χ0) is 15.8. The van der Waals surface area contributed by atoms with Crippen LogP contribution in [0.15, 0.2) is 40.7 Å². The van der Waals surface area contributed by atoms with Crippen LogP contribution in [-0.4, -0.2) is 35.4 Å². The maximum absolute atomic E-state index is 13.1. The number of hydrogen-bond donors (Lipinski definition) is 0. The van der Waals surface area contributed by atoms with Crippen molar-refractivity contribution in [3.05, 3.63) is 42.0 Å². The standard InChI is InChI=1S/C13H13FN4S.ClH.Cu/c1-18(2)13(19)17-16-8-12-11-4-3-10(14)7-9(11)5-6-15-12;;/h3-8H,1-2H3,(H,17,19);1H;/q;;+2/p-2/b16-8+;;. The molecule has 1 aromatic carbocycles. The Morgan fingerprint density at radius 3 is 2.76 bits per heavy atom. The molecule has 2 aromatic rings. The van der Waals surface area contributed by atoms with Crippen LogP contribution in [0.5, 0.6) is 0 Å². The summed E-state index contributed by atoms with van der Waals surface area (Å²) in [7, 11) is 7.79. The second-order valence-electron chi connectivity index (χ2n) is 4.08. The first-order valence-corrected chi connectivity index (χ1v) is 7.39. The Hall–Kier alpha value is -1.27. The van der Waals surface area contributed by atoms with E-state index in [1.165, 1.54) is 18.3 Å². The molecule has 21 heavy (non-hydrogen) atoms.